The van der Waals surface area contributed by atoms with Gasteiger partial charge in [0.1, 0.15) is 5.82 Å². The van der Waals surface area contributed by atoms with Crippen molar-refractivity contribution in [3.05, 3.63) is 29.6 Å². The number of nitrogens with one attached hydrogen (secondary N) is 1. The number of hydrogen-bond acceptors (Lipinski definition) is 2. The average molecular weight is 215 g/mol. The molecule has 0 spiro atoms. The van der Waals surface area contributed by atoms with Crippen LogP contribution in [0.15, 0.2) is 18.2 Å². The normalized spacial score (nSPS) is 20.8. The van der Waals surface area contributed by atoms with Crippen LogP contribution in [0, 0.1) is 6.92 Å². The van der Waals surface area contributed by atoms with E-state index in [0.717, 1.165) is 12.1 Å². The molecule has 1 aliphatic heterocycles. The molecule has 1 saturated heterocycles. The highest BCUT2D eigenvalue weighted by Gasteiger charge is 2.21. The number of aromatic nitrogens is 2. The summed E-state index contributed by atoms with van der Waals surface area (Å²) in [6, 6.07) is 6.91. The van der Waals surface area contributed by atoms with Crippen LogP contribution in [0.2, 0.25) is 0 Å². The Morgan fingerprint density at radius 2 is 2.31 bits per heavy atom. The van der Waals surface area contributed by atoms with Gasteiger partial charge in [-0.15, -0.1) is 0 Å². The lowest BCUT2D eigenvalue weighted by atomic mass is 10.2. The van der Waals surface area contributed by atoms with Gasteiger partial charge in [0.2, 0.25) is 0 Å². The van der Waals surface area contributed by atoms with Crippen molar-refractivity contribution in [1.82, 2.24) is 14.9 Å². The Kier molecular flexibility index (Phi) is 2.21. The van der Waals surface area contributed by atoms with Crippen molar-refractivity contribution in [3.8, 4) is 0 Å². The molecule has 1 aromatic carbocycles. The van der Waals surface area contributed by atoms with E-state index in [4.69, 9.17) is 4.98 Å². The van der Waals surface area contributed by atoms with Crippen molar-refractivity contribution >= 4 is 11.0 Å². The predicted molar refractivity (Wildman–Crippen MR) is 65.4 cm³/mol. The quantitative estimate of drug-likeness (QED) is 0.791. The summed E-state index contributed by atoms with van der Waals surface area (Å²) in [7, 11) is 2.11. The molecular formula is C13H17N3. The van der Waals surface area contributed by atoms with E-state index in [2.05, 4.69) is 42.1 Å². The van der Waals surface area contributed by atoms with Crippen LogP contribution in [-0.4, -0.2) is 16.1 Å². The minimum absolute atomic E-state index is 0.442. The zero-order valence-corrected chi connectivity index (χ0v) is 9.83. The van der Waals surface area contributed by atoms with E-state index in [0.29, 0.717) is 6.04 Å². The molecule has 84 valence electrons. The Hall–Kier alpha value is -1.35. The van der Waals surface area contributed by atoms with E-state index in [1.807, 2.05) is 0 Å². The monoisotopic (exact) mass is 215 g/mol. The van der Waals surface area contributed by atoms with Gasteiger partial charge in [0.05, 0.1) is 17.1 Å². The first-order chi connectivity index (χ1) is 7.75. The molecule has 1 atom stereocenters. The molecule has 0 saturated carbocycles. The zero-order valence-electron chi connectivity index (χ0n) is 9.83. The lowest BCUT2D eigenvalue weighted by Gasteiger charge is -2.09. The maximum Gasteiger partial charge on any atom is 0.126 e. The second kappa shape index (κ2) is 3.59. The van der Waals surface area contributed by atoms with Crippen LogP contribution < -0.4 is 5.32 Å². The second-order valence-corrected chi connectivity index (χ2v) is 4.67. The molecule has 2 heterocycles. The van der Waals surface area contributed by atoms with Crippen LogP contribution >= 0.6 is 0 Å². The fraction of sp³-hybridized carbons (Fsp3) is 0.462. The third-order valence-electron chi connectivity index (χ3n) is 3.44. The molecule has 0 bridgehead atoms. The van der Waals surface area contributed by atoms with Gasteiger partial charge in [-0.3, -0.25) is 0 Å². The van der Waals surface area contributed by atoms with Crippen LogP contribution in [0.4, 0.5) is 0 Å². The predicted octanol–water partition coefficient (Wildman–Crippen LogP) is 2.31. The first-order valence-corrected chi connectivity index (χ1v) is 5.92. The summed E-state index contributed by atoms with van der Waals surface area (Å²) in [6.07, 6.45) is 2.46. The van der Waals surface area contributed by atoms with Crippen molar-refractivity contribution < 1.29 is 0 Å². The van der Waals surface area contributed by atoms with Crippen LogP contribution in [-0.2, 0) is 7.05 Å². The molecular weight excluding hydrogens is 198 g/mol. The van der Waals surface area contributed by atoms with Gasteiger partial charge >= 0.3 is 0 Å². The average Bonchev–Trinajstić information content (AvgIpc) is 2.86. The lowest BCUT2D eigenvalue weighted by Crippen LogP contribution is -2.16. The largest absolute Gasteiger partial charge is 0.330 e. The van der Waals surface area contributed by atoms with Gasteiger partial charge in [0.25, 0.3) is 0 Å². The van der Waals surface area contributed by atoms with Crippen molar-refractivity contribution in [1.29, 1.82) is 0 Å². The summed E-state index contributed by atoms with van der Waals surface area (Å²) in [4.78, 5) is 4.76. The Labute approximate surface area is 95.5 Å². The summed E-state index contributed by atoms with van der Waals surface area (Å²) < 4.78 is 2.22. The molecule has 1 aromatic heterocycles. The molecule has 3 nitrogen and oxygen atoms in total. The van der Waals surface area contributed by atoms with Gasteiger partial charge in [0.15, 0.2) is 0 Å². The topological polar surface area (TPSA) is 29.9 Å². The van der Waals surface area contributed by atoms with Crippen LogP contribution in [0.1, 0.15) is 30.3 Å². The van der Waals surface area contributed by atoms with E-state index in [1.54, 1.807) is 0 Å². The van der Waals surface area contributed by atoms with E-state index >= 15 is 0 Å². The lowest BCUT2D eigenvalue weighted by molar-refractivity contribution is 0.584. The minimum atomic E-state index is 0.442. The van der Waals surface area contributed by atoms with E-state index in [-0.39, 0.29) is 0 Å². The van der Waals surface area contributed by atoms with Crippen LogP contribution in [0.5, 0.6) is 0 Å². The number of nitrogens with zero attached hydrogens (tertiary/aromatic N) is 2. The molecule has 3 heteroatoms. The summed E-state index contributed by atoms with van der Waals surface area (Å²) in [5, 5.41) is 3.51. The smallest absolute Gasteiger partial charge is 0.126 e. The van der Waals surface area contributed by atoms with Gasteiger partial charge in [0, 0.05) is 7.05 Å². The fourth-order valence-corrected chi connectivity index (χ4v) is 2.55. The van der Waals surface area contributed by atoms with Gasteiger partial charge in [-0.1, -0.05) is 6.07 Å². The number of aryl methyl sites for hydroxylation is 2. The Balaban J connectivity index is 2.14. The van der Waals surface area contributed by atoms with E-state index in [9.17, 15) is 0 Å². The minimum Gasteiger partial charge on any atom is -0.330 e. The van der Waals surface area contributed by atoms with Gasteiger partial charge in [-0.2, -0.15) is 0 Å². The van der Waals surface area contributed by atoms with E-state index < -0.39 is 0 Å². The van der Waals surface area contributed by atoms with Crippen molar-refractivity contribution in [2.45, 2.75) is 25.8 Å². The maximum atomic E-state index is 4.76. The van der Waals surface area contributed by atoms with Crippen molar-refractivity contribution in [2.75, 3.05) is 6.54 Å². The third-order valence-corrected chi connectivity index (χ3v) is 3.44. The third kappa shape index (κ3) is 1.43. The second-order valence-electron chi connectivity index (χ2n) is 4.67. The number of rotatable bonds is 1. The van der Waals surface area contributed by atoms with Crippen molar-refractivity contribution in [3.63, 3.8) is 0 Å². The number of fused-ring (bicyclic) bond motifs is 1. The van der Waals surface area contributed by atoms with Gasteiger partial charge in [-0.05, 0) is 44.0 Å². The number of hydrogen-bond donors (Lipinski definition) is 1. The number of benzene rings is 1. The highest BCUT2D eigenvalue weighted by Crippen LogP contribution is 2.25. The van der Waals surface area contributed by atoms with Gasteiger partial charge < -0.3 is 9.88 Å². The molecule has 1 aliphatic rings. The Morgan fingerprint density at radius 3 is 3.06 bits per heavy atom. The highest BCUT2D eigenvalue weighted by atomic mass is 15.1. The number of imidazole rings is 1. The maximum absolute atomic E-state index is 4.76. The van der Waals surface area contributed by atoms with Crippen LogP contribution in [0.25, 0.3) is 11.0 Å². The molecule has 1 unspecified atom stereocenters. The summed E-state index contributed by atoms with van der Waals surface area (Å²) in [6.45, 7) is 3.23. The van der Waals surface area contributed by atoms with Crippen LogP contribution in [0.3, 0.4) is 0 Å². The zero-order chi connectivity index (χ0) is 11.1. The Morgan fingerprint density at radius 1 is 1.44 bits per heavy atom. The molecule has 0 aliphatic carbocycles. The molecule has 0 radical (unpaired) electrons. The standard InChI is InChI=1S/C13H17N3/c1-9-5-6-12-11(8-9)15-13(16(12)2)10-4-3-7-14-10/h5-6,8,10,14H,3-4,7H2,1-2H3. The molecule has 1 fully saturated rings. The highest BCUT2D eigenvalue weighted by molar-refractivity contribution is 5.76. The first kappa shape index (κ1) is 9.85. The SMILES string of the molecule is Cc1ccc2c(c1)nc(C1CCCN1)n2C. The first-order valence-electron chi connectivity index (χ1n) is 5.92. The summed E-state index contributed by atoms with van der Waals surface area (Å²) >= 11 is 0. The fourth-order valence-electron chi connectivity index (χ4n) is 2.55. The molecule has 16 heavy (non-hydrogen) atoms. The van der Waals surface area contributed by atoms with Crippen molar-refractivity contribution in [2.24, 2.45) is 7.05 Å². The molecule has 2 aromatic rings. The van der Waals surface area contributed by atoms with Gasteiger partial charge in [-0.25, -0.2) is 4.98 Å². The Bertz CT molecular complexity index is 521. The molecule has 0 amide bonds. The summed E-state index contributed by atoms with van der Waals surface area (Å²) in [5.41, 5.74) is 3.62. The molecule has 3 rings (SSSR count). The summed E-state index contributed by atoms with van der Waals surface area (Å²) in [5.74, 6) is 1.18. The molecule has 1 N–H and O–H groups in total. The van der Waals surface area contributed by atoms with E-state index in [1.165, 1.54) is 29.7 Å².